The second-order valence-corrected chi connectivity index (χ2v) is 8.55. The first kappa shape index (κ1) is 21.0. The Hall–Kier alpha value is -2.74. The van der Waals surface area contributed by atoms with Gasteiger partial charge in [0.25, 0.3) is 0 Å². The van der Waals surface area contributed by atoms with Crippen molar-refractivity contribution >= 4 is 23.1 Å². The predicted octanol–water partition coefficient (Wildman–Crippen LogP) is 4.58. The highest BCUT2D eigenvalue weighted by Crippen LogP contribution is 2.44. The van der Waals surface area contributed by atoms with Gasteiger partial charge in [-0.05, 0) is 36.4 Å². The molecule has 29 heavy (non-hydrogen) atoms. The van der Waals surface area contributed by atoms with Crippen molar-refractivity contribution in [2.24, 2.45) is 0 Å². The lowest BCUT2D eigenvalue weighted by atomic mass is 10.3. The van der Waals surface area contributed by atoms with Crippen LogP contribution in [0.25, 0.3) is 0 Å². The summed E-state index contributed by atoms with van der Waals surface area (Å²) in [5.41, 5.74) is 0. The first-order valence-electron chi connectivity index (χ1n) is 7.52. The maximum absolute atomic E-state index is 13.7. The van der Waals surface area contributed by atoms with Crippen molar-refractivity contribution in [3.8, 4) is 0 Å². The molecular formula is C18H6F9OP. The van der Waals surface area contributed by atoms with Gasteiger partial charge in [-0.25, -0.2) is 39.5 Å². The molecular weight excluding hydrogens is 434 g/mol. The molecule has 0 amide bonds. The SMILES string of the molecule is O=P(c1cc(F)c(F)c(F)c1)(c1cc(F)c(F)c(F)c1)c1cc(F)c(F)c(F)c1. The summed E-state index contributed by atoms with van der Waals surface area (Å²) in [4.78, 5) is 0. The zero-order valence-electron chi connectivity index (χ0n) is 13.7. The normalized spacial score (nSPS) is 11.8. The van der Waals surface area contributed by atoms with Crippen LogP contribution in [0, 0.1) is 52.4 Å². The van der Waals surface area contributed by atoms with Gasteiger partial charge < -0.3 is 4.57 Å². The van der Waals surface area contributed by atoms with Crippen LogP contribution in [0.3, 0.4) is 0 Å². The van der Waals surface area contributed by atoms with Gasteiger partial charge in [-0.15, -0.1) is 0 Å². The smallest absolute Gasteiger partial charge is 0.194 e. The lowest BCUT2D eigenvalue weighted by Crippen LogP contribution is -2.28. The standard InChI is InChI=1S/C18H6F9OP/c19-10-1-7(2-11(20)16(10)25)29(28,8-3-12(21)17(26)13(22)4-8)9-5-14(23)18(27)15(24)6-9/h1-6H. The van der Waals surface area contributed by atoms with Crippen LogP contribution in [0.4, 0.5) is 39.5 Å². The molecule has 152 valence electrons. The van der Waals surface area contributed by atoms with Crippen LogP contribution in [-0.2, 0) is 4.57 Å². The zero-order valence-corrected chi connectivity index (χ0v) is 14.6. The molecule has 11 heteroatoms. The molecule has 0 saturated carbocycles. The topological polar surface area (TPSA) is 17.1 Å². The lowest BCUT2D eigenvalue weighted by molar-refractivity contribution is 0.447. The first-order chi connectivity index (χ1) is 13.5. The van der Waals surface area contributed by atoms with E-state index in [4.69, 9.17) is 0 Å². The molecule has 0 bridgehead atoms. The van der Waals surface area contributed by atoms with Crippen molar-refractivity contribution in [3.05, 3.63) is 88.8 Å². The summed E-state index contributed by atoms with van der Waals surface area (Å²) in [6.45, 7) is 0. The van der Waals surface area contributed by atoms with Gasteiger partial charge in [-0.3, -0.25) is 0 Å². The van der Waals surface area contributed by atoms with Gasteiger partial charge >= 0.3 is 0 Å². The van der Waals surface area contributed by atoms with Crippen LogP contribution in [0.15, 0.2) is 36.4 Å². The molecule has 0 saturated heterocycles. The molecule has 0 unspecified atom stereocenters. The third-order valence-electron chi connectivity index (χ3n) is 4.00. The Labute approximate surface area is 156 Å². The van der Waals surface area contributed by atoms with Gasteiger partial charge in [0.05, 0.1) is 0 Å². The molecule has 0 radical (unpaired) electrons. The van der Waals surface area contributed by atoms with Gasteiger partial charge in [0.2, 0.25) is 0 Å². The number of halogens is 9. The molecule has 3 rings (SSSR count). The summed E-state index contributed by atoms with van der Waals surface area (Å²) >= 11 is 0. The monoisotopic (exact) mass is 440 g/mol. The minimum Gasteiger partial charge on any atom is -0.309 e. The summed E-state index contributed by atoms with van der Waals surface area (Å²) in [6, 6.07) is 1.07. The van der Waals surface area contributed by atoms with Crippen LogP contribution < -0.4 is 15.9 Å². The molecule has 3 aromatic carbocycles. The van der Waals surface area contributed by atoms with E-state index >= 15 is 0 Å². The van der Waals surface area contributed by atoms with E-state index in [-0.39, 0.29) is 36.4 Å². The minimum atomic E-state index is -4.94. The molecule has 0 aromatic heterocycles. The molecule has 0 heterocycles. The zero-order chi connectivity index (χ0) is 21.7. The van der Waals surface area contributed by atoms with Crippen molar-refractivity contribution in [1.82, 2.24) is 0 Å². The first-order valence-corrected chi connectivity index (χ1v) is 9.23. The molecule has 0 fully saturated rings. The van der Waals surface area contributed by atoms with E-state index < -0.39 is 75.4 Å². The molecule has 0 aliphatic carbocycles. The van der Waals surface area contributed by atoms with Gasteiger partial charge in [0, 0.05) is 15.9 Å². The number of rotatable bonds is 3. The Kier molecular flexibility index (Phi) is 5.25. The number of hydrogen-bond acceptors (Lipinski definition) is 1. The maximum atomic E-state index is 13.7. The second kappa shape index (κ2) is 7.26. The molecule has 1 nitrogen and oxygen atoms in total. The summed E-state index contributed by atoms with van der Waals surface area (Å²) in [7, 11) is -4.94. The van der Waals surface area contributed by atoms with Crippen LogP contribution in [0.1, 0.15) is 0 Å². The van der Waals surface area contributed by atoms with E-state index in [1.54, 1.807) is 0 Å². The summed E-state index contributed by atoms with van der Waals surface area (Å²) in [6.07, 6.45) is 0. The van der Waals surface area contributed by atoms with Crippen molar-refractivity contribution in [2.45, 2.75) is 0 Å². The van der Waals surface area contributed by atoms with Crippen LogP contribution in [0.5, 0.6) is 0 Å². The fourth-order valence-electron chi connectivity index (χ4n) is 2.62. The van der Waals surface area contributed by atoms with Crippen molar-refractivity contribution < 1.29 is 44.1 Å². The minimum absolute atomic E-state index is 0.178. The van der Waals surface area contributed by atoms with Crippen LogP contribution in [0.2, 0.25) is 0 Å². The molecule has 0 atom stereocenters. The van der Waals surface area contributed by atoms with E-state index in [1.165, 1.54) is 0 Å². The molecule has 3 aromatic rings. The third-order valence-corrected chi connectivity index (χ3v) is 6.95. The van der Waals surface area contributed by atoms with Gasteiger partial charge in [0.1, 0.15) is 0 Å². The fourth-order valence-corrected chi connectivity index (χ4v) is 5.28. The highest BCUT2D eigenvalue weighted by atomic mass is 31.2. The number of hydrogen-bond donors (Lipinski definition) is 0. The van der Waals surface area contributed by atoms with Gasteiger partial charge in [-0.1, -0.05) is 0 Å². The highest BCUT2D eigenvalue weighted by molar-refractivity contribution is 7.85. The number of benzene rings is 3. The Morgan fingerprint density at radius 2 is 0.586 bits per heavy atom. The van der Waals surface area contributed by atoms with Crippen LogP contribution in [-0.4, -0.2) is 0 Å². The molecule has 0 aliphatic rings. The van der Waals surface area contributed by atoms with E-state index in [2.05, 4.69) is 0 Å². The lowest BCUT2D eigenvalue weighted by Gasteiger charge is -2.21. The van der Waals surface area contributed by atoms with E-state index in [0.29, 0.717) is 0 Å². The molecule has 0 aliphatic heterocycles. The van der Waals surface area contributed by atoms with Crippen molar-refractivity contribution in [2.75, 3.05) is 0 Å². The fraction of sp³-hybridized carbons (Fsp3) is 0. The summed E-state index contributed by atoms with van der Waals surface area (Å²) in [5.74, 6) is -17.2. The van der Waals surface area contributed by atoms with E-state index in [9.17, 15) is 44.1 Å². The Morgan fingerprint density at radius 3 is 0.759 bits per heavy atom. The largest absolute Gasteiger partial charge is 0.309 e. The van der Waals surface area contributed by atoms with Crippen molar-refractivity contribution in [1.29, 1.82) is 0 Å². The van der Waals surface area contributed by atoms with Gasteiger partial charge in [-0.2, -0.15) is 0 Å². The average Bonchev–Trinajstić information content (AvgIpc) is 2.66. The van der Waals surface area contributed by atoms with Crippen molar-refractivity contribution in [3.63, 3.8) is 0 Å². The van der Waals surface area contributed by atoms with Gasteiger partial charge in [0.15, 0.2) is 59.5 Å². The Balaban J connectivity index is 2.44. The summed E-state index contributed by atoms with van der Waals surface area (Å²) in [5, 5.41) is -2.90. The molecule has 0 N–H and O–H groups in total. The second-order valence-electron chi connectivity index (χ2n) is 5.78. The van der Waals surface area contributed by atoms with E-state index in [0.717, 1.165) is 0 Å². The quantitative estimate of drug-likeness (QED) is 0.331. The Morgan fingerprint density at radius 1 is 0.414 bits per heavy atom. The highest BCUT2D eigenvalue weighted by Gasteiger charge is 2.35. The predicted molar refractivity (Wildman–Crippen MR) is 85.5 cm³/mol. The Bertz CT molecular complexity index is 977. The van der Waals surface area contributed by atoms with E-state index in [1.807, 2.05) is 0 Å². The maximum Gasteiger partial charge on any atom is 0.194 e. The average molecular weight is 440 g/mol. The third kappa shape index (κ3) is 3.42. The summed E-state index contributed by atoms with van der Waals surface area (Å²) < 4.78 is 136. The molecule has 0 spiro atoms. The van der Waals surface area contributed by atoms with Crippen LogP contribution >= 0.6 is 7.14 Å².